The van der Waals surface area contributed by atoms with Gasteiger partial charge in [-0.3, -0.25) is 4.79 Å². The quantitative estimate of drug-likeness (QED) is 0.909. The van der Waals surface area contributed by atoms with Crippen molar-refractivity contribution in [3.63, 3.8) is 0 Å². The number of benzene rings is 1. The van der Waals surface area contributed by atoms with Crippen LogP contribution < -0.4 is 10.6 Å². The molecule has 0 spiro atoms. The van der Waals surface area contributed by atoms with E-state index in [1.165, 1.54) is 0 Å². The molecule has 1 aromatic carbocycles. The largest absolute Gasteiger partial charge is 0.367 e. The summed E-state index contributed by atoms with van der Waals surface area (Å²) in [7, 11) is 0. The summed E-state index contributed by atoms with van der Waals surface area (Å²) >= 11 is 6.22. The summed E-state index contributed by atoms with van der Waals surface area (Å²) in [5.41, 5.74) is 7.02. The number of piperazine rings is 1. The van der Waals surface area contributed by atoms with E-state index in [9.17, 15) is 4.79 Å². The standard InChI is InChI=1S/C16H24ClN3O/c1-2-3-7-14(18)16(21)20-11-9-19(10-12-20)15-8-5-4-6-13(15)17/h4-6,8,14H,2-3,7,9-12,18H2,1H3. The zero-order valence-electron chi connectivity index (χ0n) is 12.6. The average molecular weight is 310 g/mol. The Morgan fingerprint density at radius 2 is 1.95 bits per heavy atom. The zero-order chi connectivity index (χ0) is 15.2. The molecular weight excluding hydrogens is 286 g/mol. The molecular formula is C16H24ClN3O. The van der Waals surface area contributed by atoms with Crippen molar-refractivity contribution in [2.45, 2.75) is 32.2 Å². The summed E-state index contributed by atoms with van der Waals surface area (Å²) in [6, 6.07) is 7.48. The van der Waals surface area contributed by atoms with Gasteiger partial charge in [0.2, 0.25) is 5.91 Å². The van der Waals surface area contributed by atoms with E-state index >= 15 is 0 Å². The number of nitrogens with zero attached hydrogens (tertiary/aromatic N) is 2. The van der Waals surface area contributed by atoms with Crippen LogP contribution in [0.3, 0.4) is 0 Å². The predicted molar refractivity (Wildman–Crippen MR) is 87.7 cm³/mol. The van der Waals surface area contributed by atoms with Crippen LogP contribution >= 0.6 is 11.6 Å². The highest BCUT2D eigenvalue weighted by molar-refractivity contribution is 6.33. The fourth-order valence-corrected chi connectivity index (χ4v) is 2.91. The van der Waals surface area contributed by atoms with Crippen LogP contribution in [0.25, 0.3) is 0 Å². The lowest BCUT2D eigenvalue weighted by atomic mass is 10.1. The molecule has 0 radical (unpaired) electrons. The minimum absolute atomic E-state index is 0.0854. The Morgan fingerprint density at radius 1 is 1.29 bits per heavy atom. The second kappa shape index (κ2) is 7.66. The van der Waals surface area contributed by atoms with Crippen LogP contribution in [0.5, 0.6) is 0 Å². The second-order valence-electron chi connectivity index (χ2n) is 5.51. The van der Waals surface area contributed by atoms with Gasteiger partial charge in [-0.05, 0) is 18.6 Å². The van der Waals surface area contributed by atoms with Crippen molar-refractivity contribution in [2.75, 3.05) is 31.1 Å². The molecule has 0 aliphatic carbocycles. The van der Waals surface area contributed by atoms with Crippen LogP contribution in [0.2, 0.25) is 5.02 Å². The molecule has 2 N–H and O–H groups in total. The third kappa shape index (κ3) is 4.11. The zero-order valence-corrected chi connectivity index (χ0v) is 13.4. The molecule has 1 aliphatic heterocycles. The summed E-state index contributed by atoms with van der Waals surface area (Å²) in [6.07, 6.45) is 2.85. The first-order chi connectivity index (χ1) is 10.1. The average Bonchev–Trinajstić information content (AvgIpc) is 2.52. The van der Waals surface area contributed by atoms with Gasteiger partial charge in [0.25, 0.3) is 0 Å². The maximum absolute atomic E-state index is 12.3. The lowest BCUT2D eigenvalue weighted by Gasteiger charge is -2.37. The molecule has 1 amide bonds. The van der Waals surface area contributed by atoms with Gasteiger partial charge in [-0.15, -0.1) is 0 Å². The van der Waals surface area contributed by atoms with Crippen molar-refractivity contribution < 1.29 is 4.79 Å². The predicted octanol–water partition coefficient (Wildman–Crippen LogP) is 2.51. The van der Waals surface area contributed by atoms with Gasteiger partial charge >= 0.3 is 0 Å². The minimum Gasteiger partial charge on any atom is -0.367 e. The molecule has 0 aromatic heterocycles. The van der Waals surface area contributed by atoms with Gasteiger partial charge in [-0.1, -0.05) is 43.5 Å². The molecule has 1 fully saturated rings. The number of hydrogen-bond donors (Lipinski definition) is 1. The van der Waals surface area contributed by atoms with Crippen molar-refractivity contribution in [1.82, 2.24) is 4.90 Å². The molecule has 1 atom stereocenters. The van der Waals surface area contributed by atoms with Crippen LogP contribution in [0.15, 0.2) is 24.3 Å². The number of anilines is 1. The fourth-order valence-electron chi connectivity index (χ4n) is 2.66. The monoisotopic (exact) mass is 309 g/mol. The van der Waals surface area contributed by atoms with Gasteiger partial charge in [-0.25, -0.2) is 0 Å². The molecule has 4 nitrogen and oxygen atoms in total. The Kier molecular flexibility index (Phi) is 5.88. The third-order valence-corrected chi connectivity index (χ3v) is 4.29. The lowest BCUT2D eigenvalue weighted by Crippen LogP contribution is -2.53. The number of para-hydroxylation sites is 1. The third-order valence-electron chi connectivity index (χ3n) is 3.97. The van der Waals surface area contributed by atoms with E-state index < -0.39 is 0 Å². The summed E-state index contributed by atoms with van der Waals surface area (Å²) in [4.78, 5) is 16.4. The topological polar surface area (TPSA) is 49.6 Å². The Labute approximate surface area is 131 Å². The maximum Gasteiger partial charge on any atom is 0.239 e. The van der Waals surface area contributed by atoms with Crippen molar-refractivity contribution in [3.8, 4) is 0 Å². The minimum atomic E-state index is -0.350. The van der Waals surface area contributed by atoms with Crippen LogP contribution in [0.4, 0.5) is 5.69 Å². The van der Waals surface area contributed by atoms with Gasteiger partial charge in [-0.2, -0.15) is 0 Å². The van der Waals surface area contributed by atoms with Crippen LogP contribution in [-0.2, 0) is 4.79 Å². The Hall–Kier alpha value is -1.26. The van der Waals surface area contributed by atoms with Crippen molar-refractivity contribution >= 4 is 23.2 Å². The van der Waals surface area contributed by atoms with Crippen LogP contribution in [-0.4, -0.2) is 43.0 Å². The number of nitrogens with two attached hydrogens (primary N) is 1. The molecule has 1 heterocycles. The number of carbonyl (C=O) groups excluding carboxylic acids is 1. The van der Waals surface area contributed by atoms with Gasteiger partial charge in [0.05, 0.1) is 16.8 Å². The molecule has 1 unspecified atom stereocenters. The lowest BCUT2D eigenvalue weighted by molar-refractivity contribution is -0.133. The van der Waals surface area contributed by atoms with Crippen molar-refractivity contribution in [1.29, 1.82) is 0 Å². The molecule has 0 saturated carbocycles. The Bertz CT molecular complexity index is 472. The number of unbranched alkanes of at least 4 members (excludes halogenated alkanes) is 1. The second-order valence-corrected chi connectivity index (χ2v) is 5.92. The normalized spacial score (nSPS) is 16.9. The highest BCUT2D eigenvalue weighted by Crippen LogP contribution is 2.26. The SMILES string of the molecule is CCCCC(N)C(=O)N1CCN(c2ccccc2Cl)CC1. The van der Waals surface area contributed by atoms with Gasteiger partial charge < -0.3 is 15.5 Å². The molecule has 21 heavy (non-hydrogen) atoms. The van der Waals surface area contributed by atoms with Crippen molar-refractivity contribution in [3.05, 3.63) is 29.3 Å². The number of rotatable bonds is 5. The van der Waals surface area contributed by atoms with Crippen LogP contribution in [0.1, 0.15) is 26.2 Å². The summed E-state index contributed by atoms with van der Waals surface area (Å²) in [6.45, 7) is 5.14. The van der Waals surface area contributed by atoms with Crippen molar-refractivity contribution in [2.24, 2.45) is 5.73 Å². The number of hydrogen-bond acceptors (Lipinski definition) is 3. The number of carbonyl (C=O) groups is 1. The van der Waals surface area contributed by atoms with E-state index in [1.54, 1.807) is 0 Å². The molecule has 5 heteroatoms. The molecule has 1 aromatic rings. The molecule has 2 rings (SSSR count). The van der Waals surface area contributed by atoms with Gasteiger partial charge in [0, 0.05) is 26.2 Å². The van der Waals surface area contributed by atoms with E-state index in [0.29, 0.717) is 13.1 Å². The number of amides is 1. The van der Waals surface area contributed by atoms with E-state index in [2.05, 4.69) is 11.8 Å². The molecule has 0 bridgehead atoms. The first-order valence-electron chi connectivity index (χ1n) is 7.67. The summed E-state index contributed by atoms with van der Waals surface area (Å²) in [5, 5.41) is 0.761. The smallest absolute Gasteiger partial charge is 0.239 e. The van der Waals surface area contributed by atoms with Crippen LogP contribution in [0, 0.1) is 0 Å². The Balaban J connectivity index is 1.88. The molecule has 1 aliphatic rings. The maximum atomic E-state index is 12.3. The van der Waals surface area contributed by atoms with E-state index in [0.717, 1.165) is 43.1 Å². The first kappa shape index (κ1) is 16.1. The first-order valence-corrected chi connectivity index (χ1v) is 8.05. The highest BCUT2D eigenvalue weighted by atomic mass is 35.5. The fraction of sp³-hybridized carbons (Fsp3) is 0.562. The number of halogens is 1. The van der Waals surface area contributed by atoms with E-state index in [4.69, 9.17) is 17.3 Å². The van der Waals surface area contributed by atoms with Gasteiger partial charge in [0.15, 0.2) is 0 Å². The van der Waals surface area contributed by atoms with E-state index in [1.807, 2.05) is 29.2 Å². The molecule has 1 saturated heterocycles. The van der Waals surface area contributed by atoms with Gasteiger partial charge in [0.1, 0.15) is 0 Å². The highest BCUT2D eigenvalue weighted by Gasteiger charge is 2.25. The molecule has 116 valence electrons. The summed E-state index contributed by atoms with van der Waals surface area (Å²) in [5.74, 6) is 0.0854. The Morgan fingerprint density at radius 3 is 2.57 bits per heavy atom. The van der Waals surface area contributed by atoms with E-state index in [-0.39, 0.29) is 11.9 Å². The summed E-state index contributed by atoms with van der Waals surface area (Å²) < 4.78 is 0.